The van der Waals surface area contributed by atoms with E-state index in [1.165, 1.54) is 0 Å². The number of hydrogen-bond acceptors (Lipinski definition) is 2. The molecule has 1 aromatic rings. The first-order valence-corrected chi connectivity index (χ1v) is 7.82. The van der Waals surface area contributed by atoms with Crippen LogP contribution in [0.4, 0.5) is 0 Å². The van der Waals surface area contributed by atoms with Gasteiger partial charge in [0.25, 0.3) is 0 Å². The third kappa shape index (κ3) is 7.93. The molecule has 2 N–H and O–H groups in total. The summed E-state index contributed by atoms with van der Waals surface area (Å²) < 4.78 is 5.03. The van der Waals surface area contributed by atoms with E-state index in [1.807, 2.05) is 18.2 Å². The molecule has 0 aliphatic heterocycles. The Balaban J connectivity index is 2.16. The van der Waals surface area contributed by atoms with Crippen LogP contribution in [0, 0.1) is 0 Å². The molecule has 5 heteroatoms. The van der Waals surface area contributed by atoms with Crippen molar-refractivity contribution in [2.45, 2.75) is 25.7 Å². The second-order valence-electron chi connectivity index (χ2n) is 4.82. The molecule has 21 heavy (non-hydrogen) atoms. The van der Waals surface area contributed by atoms with E-state index in [-0.39, 0.29) is 0 Å². The van der Waals surface area contributed by atoms with E-state index in [9.17, 15) is 0 Å². The number of nitrogens with one attached hydrogen (secondary N) is 2. The summed E-state index contributed by atoms with van der Waals surface area (Å²) >= 11 is 6.13. The third-order valence-electron chi connectivity index (χ3n) is 3.19. The largest absolute Gasteiger partial charge is 0.385 e. The summed E-state index contributed by atoms with van der Waals surface area (Å²) in [6, 6.07) is 7.93. The second kappa shape index (κ2) is 11.4. The minimum atomic E-state index is 0.813. The van der Waals surface area contributed by atoms with Crippen LogP contribution in [0.1, 0.15) is 24.8 Å². The van der Waals surface area contributed by atoms with Crippen LogP contribution in [0.2, 0.25) is 5.02 Å². The lowest BCUT2D eigenvalue weighted by atomic mass is 10.1. The number of unbranched alkanes of at least 4 members (excludes halogenated alkanes) is 2. The average Bonchev–Trinajstić information content (AvgIpc) is 2.50. The zero-order valence-corrected chi connectivity index (χ0v) is 13.7. The number of methoxy groups -OCH3 is 1. The van der Waals surface area contributed by atoms with Crippen LogP contribution < -0.4 is 10.6 Å². The molecule has 0 radical (unpaired) electrons. The van der Waals surface area contributed by atoms with Gasteiger partial charge in [0.1, 0.15) is 0 Å². The molecule has 0 aromatic heterocycles. The van der Waals surface area contributed by atoms with E-state index >= 15 is 0 Å². The fraction of sp³-hybridized carbons (Fsp3) is 0.562. The molecule has 0 unspecified atom stereocenters. The normalized spacial score (nSPS) is 11.5. The summed E-state index contributed by atoms with van der Waals surface area (Å²) in [5.41, 5.74) is 1.15. The molecule has 0 atom stereocenters. The van der Waals surface area contributed by atoms with Gasteiger partial charge in [-0.3, -0.25) is 4.99 Å². The Labute approximate surface area is 132 Å². The smallest absolute Gasteiger partial charge is 0.190 e. The Morgan fingerprint density at radius 2 is 1.90 bits per heavy atom. The van der Waals surface area contributed by atoms with E-state index in [1.54, 1.807) is 14.2 Å². The summed E-state index contributed by atoms with van der Waals surface area (Å²) in [5, 5.41) is 7.43. The fourth-order valence-corrected chi connectivity index (χ4v) is 2.22. The minimum Gasteiger partial charge on any atom is -0.385 e. The lowest BCUT2D eigenvalue weighted by molar-refractivity contribution is 0.192. The molecule has 0 saturated heterocycles. The van der Waals surface area contributed by atoms with Gasteiger partial charge in [0.2, 0.25) is 0 Å². The van der Waals surface area contributed by atoms with Crippen molar-refractivity contribution < 1.29 is 4.74 Å². The minimum absolute atomic E-state index is 0.813. The van der Waals surface area contributed by atoms with Crippen molar-refractivity contribution in [1.29, 1.82) is 0 Å². The van der Waals surface area contributed by atoms with Gasteiger partial charge >= 0.3 is 0 Å². The highest BCUT2D eigenvalue weighted by Crippen LogP contribution is 2.14. The molecule has 0 fully saturated rings. The molecule has 0 bridgehead atoms. The van der Waals surface area contributed by atoms with Gasteiger partial charge in [0.15, 0.2) is 5.96 Å². The Hall–Kier alpha value is -1.26. The molecule has 118 valence electrons. The number of guanidine groups is 1. The van der Waals surface area contributed by atoms with E-state index in [0.29, 0.717) is 0 Å². The van der Waals surface area contributed by atoms with Crippen molar-refractivity contribution in [3.8, 4) is 0 Å². The van der Waals surface area contributed by atoms with Crippen LogP contribution in [0.5, 0.6) is 0 Å². The van der Waals surface area contributed by atoms with Gasteiger partial charge in [0.05, 0.1) is 0 Å². The van der Waals surface area contributed by atoms with Crippen LogP contribution >= 0.6 is 11.6 Å². The van der Waals surface area contributed by atoms with E-state index in [4.69, 9.17) is 16.3 Å². The molecule has 4 nitrogen and oxygen atoms in total. The second-order valence-corrected chi connectivity index (χ2v) is 5.23. The summed E-state index contributed by atoms with van der Waals surface area (Å²) in [4.78, 5) is 4.21. The molecule has 0 saturated carbocycles. The standard InChI is InChI=1S/C16H26ClN3O/c1-18-16(19-11-6-3-7-13-21-2)20-12-10-14-8-4-5-9-15(14)17/h4-5,8-9H,3,6-7,10-13H2,1-2H3,(H2,18,19,20). The molecule has 0 aliphatic rings. The first kappa shape index (κ1) is 17.8. The molecular weight excluding hydrogens is 286 g/mol. The Morgan fingerprint density at radius 1 is 1.14 bits per heavy atom. The monoisotopic (exact) mass is 311 g/mol. The van der Waals surface area contributed by atoms with Crippen molar-refractivity contribution in [3.05, 3.63) is 34.9 Å². The molecule has 1 aromatic carbocycles. The average molecular weight is 312 g/mol. The summed E-state index contributed by atoms with van der Waals surface area (Å²) in [6.45, 7) is 2.58. The highest BCUT2D eigenvalue weighted by atomic mass is 35.5. The lowest BCUT2D eigenvalue weighted by Crippen LogP contribution is -2.38. The lowest BCUT2D eigenvalue weighted by Gasteiger charge is -2.12. The summed E-state index contributed by atoms with van der Waals surface area (Å²) in [7, 11) is 3.53. The van der Waals surface area contributed by atoms with Gasteiger partial charge < -0.3 is 15.4 Å². The number of benzene rings is 1. The zero-order valence-electron chi connectivity index (χ0n) is 13.0. The van der Waals surface area contributed by atoms with Crippen LogP contribution in [0.15, 0.2) is 29.3 Å². The molecule has 0 aliphatic carbocycles. The van der Waals surface area contributed by atoms with Gasteiger partial charge in [-0.25, -0.2) is 0 Å². The van der Waals surface area contributed by atoms with E-state index in [2.05, 4.69) is 21.7 Å². The van der Waals surface area contributed by atoms with Gasteiger partial charge in [-0.2, -0.15) is 0 Å². The highest BCUT2D eigenvalue weighted by molar-refractivity contribution is 6.31. The Kier molecular flexibility index (Phi) is 9.66. The highest BCUT2D eigenvalue weighted by Gasteiger charge is 2.00. The van der Waals surface area contributed by atoms with Gasteiger partial charge in [-0.05, 0) is 37.3 Å². The van der Waals surface area contributed by atoms with Crippen LogP contribution in [-0.4, -0.2) is 39.8 Å². The van der Waals surface area contributed by atoms with E-state index in [0.717, 1.165) is 61.9 Å². The first-order valence-electron chi connectivity index (χ1n) is 7.44. The number of hydrogen-bond donors (Lipinski definition) is 2. The number of nitrogens with zero attached hydrogens (tertiary/aromatic N) is 1. The van der Waals surface area contributed by atoms with Crippen LogP contribution in [0.3, 0.4) is 0 Å². The van der Waals surface area contributed by atoms with Gasteiger partial charge in [-0.1, -0.05) is 29.8 Å². The number of halogens is 1. The van der Waals surface area contributed by atoms with E-state index < -0.39 is 0 Å². The zero-order chi connectivity index (χ0) is 15.3. The molecule has 0 amide bonds. The fourth-order valence-electron chi connectivity index (χ4n) is 1.99. The number of ether oxygens (including phenoxy) is 1. The maximum atomic E-state index is 6.13. The molecular formula is C16H26ClN3O. The maximum absolute atomic E-state index is 6.13. The molecule has 1 rings (SSSR count). The summed E-state index contributed by atoms with van der Waals surface area (Å²) in [5.74, 6) is 0.841. The quantitative estimate of drug-likeness (QED) is 0.419. The van der Waals surface area contributed by atoms with Crippen molar-refractivity contribution in [1.82, 2.24) is 10.6 Å². The van der Waals surface area contributed by atoms with Crippen molar-refractivity contribution >= 4 is 17.6 Å². The predicted octanol–water partition coefficient (Wildman–Crippen LogP) is 2.86. The number of aliphatic imine (C=N–C) groups is 1. The van der Waals surface area contributed by atoms with Crippen molar-refractivity contribution in [2.75, 3.05) is 33.9 Å². The van der Waals surface area contributed by atoms with Gasteiger partial charge in [0, 0.05) is 38.9 Å². The SMILES string of the molecule is CN=C(NCCCCCOC)NCCc1ccccc1Cl. The van der Waals surface area contributed by atoms with Crippen LogP contribution in [0.25, 0.3) is 0 Å². The predicted molar refractivity (Wildman–Crippen MR) is 90.2 cm³/mol. The third-order valence-corrected chi connectivity index (χ3v) is 3.55. The number of rotatable bonds is 9. The molecule has 0 heterocycles. The van der Waals surface area contributed by atoms with Crippen molar-refractivity contribution in [2.24, 2.45) is 4.99 Å². The van der Waals surface area contributed by atoms with Crippen LogP contribution in [-0.2, 0) is 11.2 Å². The Bertz CT molecular complexity index is 424. The molecule has 0 spiro atoms. The maximum Gasteiger partial charge on any atom is 0.190 e. The summed E-state index contributed by atoms with van der Waals surface area (Å²) in [6.07, 6.45) is 4.27. The Morgan fingerprint density at radius 3 is 2.62 bits per heavy atom. The van der Waals surface area contributed by atoms with Crippen molar-refractivity contribution in [3.63, 3.8) is 0 Å². The topological polar surface area (TPSA) is 45.7 Å². The van der Waals surface area contributed by atoms with Gasteiger partial charge in [-0.15, -0.1) is 0 Å². The first-order chi connectivity index (χ1) is 10.3.